The lowest BCUT2D eigenvalue weighted by atomic mass is 10.0. The van der Waals surface area contributed by atoms with Crippen molar-refractivity contribution < 1.29 is 9.59 Å². The van der Waals surface area contributed by atoms with Crippen LogP contribution in [0.3, 0.4) is 0 Å². The molecule has 0 bridgehead atoms. The topological polar surface area (TPSA) is 40.6 Å². The van der Waals surface area contributed by atoms with Gasteiger partial charge in [0, 0.05) is 32.1 Å². The van der Waals surface area contributed by atoms with Crippen LogP contribution in [0.1, 0.15) is 27.0 Å². The first-order valence-corrected chi connectivity index (χ1v) is 9.85. The molecule has 4 rings (SSSR count). The van der Waals surface area contributed by atoms with Crippen LogP contribution in [0.25, 0.3) is 0 Å². The summed E-state index contributed by atoms with van der Waals surface area (Å²) in [5.41, 5.74) is 3.79. The molecule has 1 heterocycles. The summed E-state index contributed by atoms with van der Waals surface area (Å²) in [5.74, 6) is -0.109. The molecule has 1 aliphatic heterocycles. The maximum atomic E-state index is 13.5. The van der Waals surface area contributed by atoms with Crippen molar-refractivity contribution in [3.05, 3.63) is 107 Å². The Bertz CT molecular complexity index is 1000. The van der Waals surface area contributed by atoms with Crippen LogP contribution in [0.2, 0.25) is 0 Å². The Balaban J connectivity index is 1.60. The molecule has 0 saturated carbocycles. The minimum atomic E-state index is -0.536. The zero-order valence-electron chi connectivity index (χ0n) is 16.5. The summed E-state index contributed by atoms with van der Waals surface area (Å²) in [6.07, 6.45) is 0.499. The van der Waals surface area contributed by atoms with Crippen molar-refractivity contribution in [1.82, 2.24) is 9.80 Å². The van der Waals surface area contributed by atoms with Gasteiger partial charge in [-0.2, -0.15) is 0 Å². The third-order valence-electron chi connectivity index (χ3n) is 5.42. The van der Waals surface area contributed by atoms with Gasteiger partial charge in [0.2, 0.25) is 5.91 Å². The zero-order valence-corrected chi connectivity index (χ0v) is 16.5. The smallest absolute Gasteiger partial charge is 0.255 e. The van der Waals surface area contributed by atoms with Gasteiger partial charge in [-0.05, 0) is 22.8 Å². The first kappa shape index (κ1) is 18.9. The number of carbonyl (C=O) groups is 2. The standard InChI is InChI=1S/C25H24N2O2/c1-26(17-20-12-6-3-7-13-20)25(29)23(16-19-10-4-2-5-11-19)27-18-21-14-8-9-15-22(21)24(27)28/h2-15,23H,16-18H2,1H3. The Morgan fingerprint density at radius 2 is 1.48 bits per heavy atom. The fraction of sp³-hybridized carbons (Fsp3) is 0.200. The molecule has 1 aliphatic rings. The summed E-state index contributed by atoms with van der Waals surface area (Å²) in [6, 6.07) is 26.9. The van der Waals surface area contributed by atoms with Gasteiger partial charge in [-0.3, -0.25) is 9.59 Å². The van der Waals surface area contributed by atoms with E-state index in [9.17, 15) is 9.59 Å². The van der Waals surface area contributed by atoms with E-state index in [4.69, 9.17) is 0 Å². The first-order valence-electron chi connectivity index (χ1n) is 9.85. The van der Waals surface area contributed by atoms with Gasteiger partial charge < -0.3 is 9.80 Å². The average Bonchev–Trinajstić information content (AvgIpc) is 3.09. The highest BCUT2D eigenvalue weighted by Gasteiger charge is 2.37. The largest absolute Gasteiger partial charge is 0.340 e. The van der Waals surface area contributed by atoms with E-state index in [2.05, 4.69) is 0 Å². The second-order valence-electron chi connectivity index (χ2n) is 7.48. The van der Waals surface area contributed by atoms with Crippen molar-refractivity contribution in [2.24, 2.45) is 0 Å². The minimum absolute atomic E-state index is 0.0427. The number of nitrogens with zero attached hydrogens (tertiary/aromatic N) is 2. The van der Waals surface area contributed by atoms with Crippen molar-refractivity contribution in [3.8, 4) is 0 Å². The van der Waals surface area contributed by atoms with Crippen molar-refractivity contribution in [3.63, 3.8) is 0 Å². The van der Waals surface area contributed by atoms with Crippen molar-refractivity contribution in [1.29, 1.82) is 0 Å². The summed E-state index contributed by atoms with van der Waals surface area (Å²) in [5, 5.41) is 0. The second-order valence-corrected chi connectivity index (χ2v) is 7.48. The molecular weight excluding hydrogens is 360 g/mol. The quantitative estimate of drug-likeness (QED) is 0.646. The molecule has 4 nitrogen and oxygen atoms in total. The highest BCUT2D eigenvalue weighted by atomic mass is 16.2. The molecule has 0 aromatic heterocycles. The van der Waals surface area contributed by atoms with Gasteiger partial charge in [0.05, 0.1) is 0 Å². The van der Waals surface area contributed by atoms with Gasteiger partial charge in [-0.25, -0.2) is 0 Å². The molecule has 0 saturated heterocycles. The van der Waals surface area contributed by atoms with Crippen LogP contribution in [0.4, 0.5) is 0 Å². The van der Waals surface area contributed by atoms with Gasteiger partial charge in [0.15, 0.2) is 0 Å². The van der Waals surface area contributed by atoms with Crippen LogP contribution in [-0.4, -0.2) is 34.7 Å². The maximum Gasteiger partial charge on any atom is 0.255 e. The van der Waals surface area contributed by atoms with Gasteiger partial charge in [-0.15, -0.1) is 0 Å². The molecule has 0 radical (unpaired) electrons. The Hall–Kier alpha value is -3.40. The van der Waals surface area contributed by atoms with Crippen LogP contribution in [-0.2, 0) is 24.3 Å². The number of amides is 2. The van der Waals surface area contributed by atoms with E-state index in [1.807, 2.05) is 84.9 Å². The Labute approximate surface area is 171 Å². The molecule has 3 aromatic rings. The van der Waals surface area contributed by atoms with E-state index < -0.39 is 6.04 Å². The molecule has 0 spiro atoms. The van der Waals surface area contributed by atoms with Gasteiger partial charge in [-0.1, -0.05) is 78.9 Å². The molecule has 1 unspecified atom stereocenters. The number of rotatable bonds is 6. The lowest BCUT2D eigenvalue weighted by Crippen LogP contribution is -2.48. The minimum Gasteiger partial charge on any atom is -0.340 e. The van der Waals surface area contributed by atoms with Crippen molar-refractivity contribution in [2.45, 2.75) is 25.6 Å². The summed E-state index contributed by atoms with van der Waals surface area (Å²) >= 11 is 0. The molecule has 29 heavy (non-hydrogen) atoms. The molecule has 0 aliphatic carbocycles. The number of carbonyl (C=O) groups excluding carboxylic acids is 2. The highest BCUT2D eigenvalue weighted by Crippen LogP contribution is 2.26. The first-order chi connectivity index (χ1) is 14.1. The predicted octanol–water partition coefficient (Wildman–Crippen LogP) is 3.91. The van der Waals surface area contributed by atoms with E-state index >= 15 is 0 Å². The molecule has 0 N–H and O–H groups in total. The number of likely N-dealkylation sites (N-methyl/N-ethyl adjacent to an activating group) is 1. The average molecular weight is 384 g/mol. The summed E-state index contributed by atoms with van der Waals surface area (Å²) in [4.78, 5) is 30.0. The highest BCUT2D eigenvalue weighted by molar-refractivity contribution is 6.01. The van der Waals surface area contributed by atoms with Crippen molar-refractivity contribution in [2.75, 3.05) is 7.05 Å². The third kappa shape index (κ3) is 4.06. The lowest BCUT2D eigenvalue weighted by Gasteiger charge is -2.31. The summed E-state index contributed by atoms with van der Waals surface area (Å²) in [7, 11) is 1.81. The number of hydrogen-bond donors (Lipinski definition) is 0. The monoisotopic (exact) mass is 384 g/mol. The van der Waals surface area contributed by atoms with Gasteiger partial charge in [0.1, 0.15) is 6.04 Å². The maximum absolute atomic E-state index is 13.5. The van der Waals surface area contributed by atoms with Crippen LogP contribution in [0.5, 0.6) is 0 Å². The summed E-state index contributed by atoms with van der Waals surface area (Å²) < 4.78 is 0. The summed E-state index contributed by atoms with van der Waals surface area (Å²) in [6.45, 7) is 0.983. The molecule has 0 fully saturated rings. The van der Waals surface area contributed by atoms with Crippen LogP contribution in [0, 0.1) is 0 Å². The molecule has 3 aromatic carbocycles. The molecule has 2 amide bonds. The predicted molar refractivity (Wildman–Crippen MR) is 113 cm³/mol. The van der Waals surface area contributed by atoms with E-state index in [0.29, 0.717) is 25.1 Å². The van der Waals surface area contributed by atoms with E-state index in [0.717, 1.165) is 16.7 Å². The third-order valence-corrected chi connectivity index (χ3v) is 5.42. The fourth-order valence-electron chi connectivity index (χ4n) is 3.89. The Morgan fingerprint density at radius 1 is 0.897 bits per heavy atom. The van der Waals surface area contributed by atoms with Crippen molar-refractivity contribution >= 4 is 11.8 Å². The van der Waals surface area contributed by atoms with Gasteiger partial charge >= 0.3 is 0 Å². The normalized spacial score (nSPS) is 13.8. The van der Waals surface area contributed by atoms with E-state index in [1.54, 1.807) is 16.8 Å². The van der Waals surface area contributed by atoms with E-state index in [1.165, 1.54) is 0 Å². The fourth-order valence-corrected chi connectivity index (χ4v) is 3.89. The van der Waals surface area contributed by atoms with E-state index in [-0.39, 0.29) is 11.8 Å². The van der Waals surface area contributed by atoms with Crippen LogP contribution in [0.15, 0.2) is 84.9 Å². The number of benzene rings is 3. The number of hydrogen-bond acceptors (Lipinski definition) is 2. The molecule has 146 valence electrons. The van der Waals surface area contributed by atoms with Crippen LogP contribution >= 0.6 is 0 Å². The van der Waals surface area contributed by atoms with Gasteiger partial charge in [0.25, 0.3) is 5.91 Å². The zero-order chi connectivity index (χ0) is 20.2. The second kappa shape index (κ2) is 8.31. The Morgan fingerprint density at radius 3 is 2.14 bits per heavy atom. The Kier molecular flexibility index (Phi) is 5.43. The molecule has 1 atom stereocenters. The SMILES string of the molecule is CN(Cc1ccccc1)C(=O)C(Cc1ccccc1)N1Cc2ccccc2C1=O. The lowest BCUT2D eigenvalue weighted by molar-refractivity contribution is -0.135. The number of fused-ring (bicyclic) bond motifs is 1. The molecular formula is C25H24N2O2. The van der Waals surface area contributed by atoms with Crippen LogP contribution < -0.4 is 0 Å². The molecule has 4 heteroatoms.